The van der Waals surface area contributed by atoms with Crippen LogP contribution in [0.25, 0.3) is 0 Å². The topological polar surface area (TPSA) is 77.8 Å². The SMILES string of the molecule is O=C(O)C(=O)N1CCCC1CCCO. The zero-order valence-corrected chi connectivity index (χ0v) is 7.98. The van der Waals surface area contributed by atoms with E-state index in [1.54, 1.807) is 0 Å². The Kier molecular flexibility index (Phi) is 3.88. The summed E-state index contributed by atoms with van der Waals surface area (Å²) >= 11 is 0. The van der Waals surface area contributed by atoms with Crippen molar-refractivity contribution >= 4 is 11.9 Å². The van der Waals surface area contributed by atoms with Gasteiger partial charge in [-0.25, -0.2) is 4.79 Å². The molecule has 0 aromatic heterocycles. The highest BCUT2D eigenvalue weighted by Crippen LogP contribution is 2.21. The largest absolute Gasteiger partial charge is 0.474 e. The number of hydrogen-bond donors (Lipinski definition) is 2. The molecule has 2 N–H and O–H groups in total. The number of carbonyl (C=O) groups excluding carboxylic acids is 1. The molecule has 0 spiro atoms. The van der Waals surface area contributed by atoms with Gasteiger partial charge in [0.1, 0.15) is 0 Å². The number of amides is 1. The van der Waals surface area contributed by atoms with Crippen LogP contribution in [-0.2, 0) is 9.59 Å². The Hall–Kier alpha value is -1.10. The maximum absolute atomic E-state index is 11.2. The number of nitrogens with zero attached hydrogens (tertiary/aromatic N) is 1. The van der Waals surface area contributed by atoms with Gasteiger partial charge in [-0.2, -0.15) is 0 Å². The number of hydrogen-bond acceptors (Lipinski definition) is 3. The summed E-state index contributed by atoms with van der Waals surface area (Å²) in [6, 6.07) is 0.00532. The van der Waals surface area contributed by atoms with Crippen molar-refractivity contribution < 1.29 is 19.8 Å². The predicted octanol–water partition coefficient (Wildman–Crippen LogP) is -0.165. The number of carboxylic acid groups (broad SMARTS) is 1. The molecule has 0 bridgehead atoms. The number of aliphatic hydroxyl groups is 1. The molecule has 5 heteroatoms. The van der Waals surface area contributed by atoms with E-state index in [0.717, 1.165) is 12.8 Å². The van der Waals surface area contributed by atoms with E-state index >= 15 is 0 Å². The summed E-state index contributed by atoms with van der Waals surface area (Å²) in [6.45, 7) is 0.618. The van der Waals surface area contributed by atoms with Gasteiger partial charge in [0, 0.05) is 19.2 Å². The van der Waals surface area contributed by atoms with Crippen LogP contribution >= 0.6 is 0 Å². The van der Waals surface area contributed by atoms with Crippen LogP contribution in [-0.4, -0.2) is 46.2 Å². The number of carboxylic acids is 1. The molecule has 1 fully saturated rings. The van der Waals surface area contributed by atoms with E-state index in [2.05, 4.69) is 0 Å². The number of rotatable bonds is 3. The monoisotopic (exact) mass is 201 g/mol. The Morgan fingerprint density at radius 1 is 1.43 bits per heavy atom. The first-order chi connectivity index (χ1) is 6.66. The first-order valence-electron chi connectivity index (χ1n) is 4.81. The molecule has 14 heavy (non-hydrogen) atoms. The minimum absolute atomic E-state index is 0.00532. The number of aliphatic carboxylic acids is 1. The highest BCUT2D eigenvalue weighted by molar-refractivity contribution is 6.31. The molecular formula is C9H15NO4. The molecule has 0 radical (unpaired) electrons. The molecule has 1 aliphatic heterocycles. The van der Waals surface area contributed by atoms with Crippen molar-refractivity contribution in [3.63, 3.8) is 0 Å². The second kappa shape index (κ2) is 4.95. The summed E-state index contributed by atoms with van der Waals surface area (Å²) in [4.78, 5) is 23.0. The van der Waals surface area contributed by atoms with Crippen molar-refractivity contribution in [3.05, 3.63) is 0 Å². The first kappa shape index (κ1) is 11.0. The van der Waals surface area contributed by atoms with E-state index in [1.165, 1.54) is 4.90 Å². The molecule has 5 nitrogen and oxygen atoms in total. The minimum Gasteiger partial charge on any atom is -0.474 e. The predicted molar refractivity (Wildman–Crippen MR) is 48.7 cm³/mol. The maximum atomic E-state index is 11.2. The summed E-state index contributed by atoms with van der Waals surface area (Å²) in [5.41, 5.74) is 0. The Balaban J connectivity index is 2.50. The lowest BCUT2D eigenvalue weighted by molar-refractivity contribution is -0.156. The van der Waals surface area contributed by atoms with Gasteiger partial charge in [0.2, 0.25) is 0 Å². The first-order valence-corrected chi connectivity index (χ1v) is 4.81. The van der Waals surface area contributed by atoms with Crippen LogP contribution in [0.1, 0.15) is 25.7 Å². The van der Waals surface area contributed by atoms with Crippen LogP contribution in [0.2, 0.25) is 0 Å². The molecule has 0 aromatic rings. The summed E-state index contributed by atoms with van der Waals surface area (Å²) in [6.07, 6.45) is 3.01. The van der Waals surface area contributed by atoms with E-state index in [0.29, 0.717) is 19.4 Å². The van der Waals surface area contributed by atoms with Crippen LogP contribution in [0, 0.1) is 0 Å². The van der Waals surface area contributed by atoms with Gasteiger partial charge in [-0.3, -0.25) is 4.79 Å². The fraction of sp³-hybridized carbons (Fsp3) is 0.778. The van der Waals surface area contributed by atoms with Gasteiger partial charge in [0.25, 0.3) is 0 Å². The molecule has 1 rings (SSSR count). The van der Waals surface area contributed by atoms with Crippen molar-refractivity contribution in [1.82, 2.24) is 4.90 Å². The second-order valence-electron chi connectivity index (χ2n) is 3.47. The molecule has 80 valence electrons. The Bertz CT molecular complexity index is 229. The summed E-state index contributed by atoms with van der Waals surface area (Å²) in [5, 5.41) is 17.2. The minimum atomic E-state index is -1.39. The van der Waals surface area contributed by atoms with Crippen molar-refractivity contribution in [3.8, 4) is 0 Å². The van der Waals surface area contributed by atoms with E-state index in [1.807, 2.05) is 0 Å². The van der Waals surface area contributed by atoms with Crippen LogP contribution < -0.4 is 0 Å². The van der Waals surface area contributed by atoms with Gasteiger partial charge in [-0.05, 0) is 25.7 Å². The van der Waals surface area contributed by atoms with Crippen molar-refractivity contribution in [1.29, 1.82) is 0 Å². The fourth-order valence-corrected chi connectivity index (χ4v) is 1.85. The lowest BCUT2D eigenvalue weighted by Gasteiger charge is -2.22. The second-order valence-corrected chi connectivity index (χ2v) is 3.47. The van der Waals surface area contributed by atoms with E-state index in [4.69, 9.17) is 10.2 Å². The molecule has 1 atom stereocenters. The third-order valence-electron chi connectivity index (χ3n) is 2.52. The van der Waals surface area contributed by atoms with Crippen molar-refractivity contribution in [2.24, 2.45) is 0 Å². The zero-order valence-electron chi connectivity index (χ0n) is 7.98. The molecule has 0 aromatic carbocycles. The van der Waals surface area contributed by atoms with Gasteiger partial charge in [0.15, 0.2) is 0 Å². The number of carbonyl (C=O) groups is 2. The standard InChI is InChI=1S/C9H15NO4/c11-6-2-4-7-3-1-5-10(7)8(12)9(13)14/h7,11H,1-6H2,(H,13,14). The fourth-order valence-electron chi connectivity index (χ4n) is 1.85. The van der Waals surface area contributed by atoms with Gasteiger partial charge in [-0.1, -0.05) is 0 Å². The van der Waals surface area contributed by atoms with Gasteiger partial charge in [-0.15, -0.1) is 0 Å². The third-order valence-corrected chi connectivity index (χ3v) is 2.52. The van der Waals surface area contributed by atoms with E-state index in [-0.39, 0.29) is 12.6 Å². The van der Waals surface area contributed by atoms with Crippen molar-refractivity contribution in [2.75, 3.05) is 13.2 Å². The lowest BCUT2D eigenvalue weighted by atomic mass is 10.1. The van der Waals surface area contributed by atoms with Crippen molar-refractivity contribution in [2.45, 2.75) is 31.7 Å². The summed E-state index contributed by atoms with van der Waals surface area (Å²) < 4.78 is 0. The van der Waals surface area contributed by atoms with Crippen LogP contribution in [0.5, 0.6) is 0 Å². The number of likely N-dealkylation sites (tertiary alicyclic amines) is 1. The van der Waals surface area contributed by atoms with Gasteiger partial charge >= 0.3 is 11.9 Å². The molecule has 1 unspecified atom stereocenters. The normalized spacial score (nSPS) is 21.2. The molecule has 1 amide bonds. The molecule has 0 saturated carbocycles. The quantitative estimate of drug-likeness (QED) is 0.622. The molecular weight excluding hydrogens is 186 g/mol. The lowest BCUT2D eigenvalue weighted by Crippen LogP contribution is -2.39. The highest BCUT2D eigenvalue weighted by Gasteiger charge is 2.31. The molecule has 1 aliphatic rings. The number of aliphatic hydroxyl groups excluding tert-OH is 1. The van der Waals surface area contributed by atoms with Crippen LogP contribution in [0.3, 0.4) is 0 Å². The summed E-state index contributed by atoms with van der Waals surface area (Å²) in [7, 11) is 0. The Morgan fingerprint density at radius 2 is 2.14 bits per heavy atom. The van der Waals surface area contributed by atoms with Gasteiger partial charge < -0.3 is 15.1 Å². The third kappa shape index (κ3) is 2.45. The molecule has 0 aliphatic carbocycles. The highest BCUT2D eigenvalue weighted by atomic mass is 16.4. The smallest absolute Gasteiger partial charge is 0.394 e. The molecule has 1 heterocycles. The Labute approximate surface area is 82.3 Å². The van der Waals surface area contributed by atoms with Gasteiger partial charge in [0.05, 0.1) is 0 Å². The van der Waals surface area contributed by atoms with E-state index < -0.39 is 11.9 Å². The molecule has 1 saturated heterocycles. The van der Waals surface area contributed by atoms with Crippen LogP contribution in [0.15, 0.2) is 0 Å². The zero-order chi connectivity index (χ0) is 10.6. The Morgan fingerprint density at radius 3 is 2.71 bits per heavy atom. The maximum Gasteiger partial charge on any atom is 0.394 e. The van der Waals surface area contributed by atoms with E-state index in [9.17, 15) is 9.59 Å². The average Bonchev–Trinajstić information content (AvgIpc) is 2.61. The summed E-state index contributed by atoms with van der Waals surface area (Å²) in [5.74, 6) is -2.20. The average molecular weight is 201 g/mol. The van der Waals surface area contributed by atoms with Crippen LogP contribution in [0.4, 0.5) is 0 Å².